The number of carbonyl (C=O) groups is 9. The van der Waals surface area contributed by atoms with Crippen LogP contribution in [0.3, 0.4) is 0 Å². The van der Waals surface area contributed by atoms with Crippen LogP contribution in [0.15, 0.2) is 29.3 Å². The van der Waals surface area contributed by atoms with Crippen molar-refractivity contribution in [1.29, 1.82) is 0 Å². The Kier molecular flexibility index (Phi) is 23.5. The predicted molar refractivity (Wildman–Crippen MR) is 213 cm³/mol. The van der Waals surface area contributed by atoms with E-state index in [2.05, 4.69) is 54.8 Å². The lowest BCUT2D eigenvalue weighted by atomic mass is 10.1. The Labute approximate surface area is 344 Å². The average molecular weight is 855 g/mol. The van der Waals surface area contributed by atoms with Gasteiger partial charge in [0.1, 0.15) is 24.2 Å². The third-order valence-corrected chi connectivity index (χ3v) is 8.59. The summed E-state index contributed by atoms with van der Waals surface area (Å²) in [7, 11) is 0. The number of nitrogens with one attached hydrogen (secondary N) is 7. The van der Waals surface area contributed by atoms with Crippen molar-refractivity contribution in [2.75, 3.05) is 18.8 Å². The number of amides is 7. The first-order valence-corrected chi connectivity index (χ1v) is 19.1. The van der Waals surface area contributed by atoms with E-state index >= 15 is 0 Å². The molecule has 0 unspecified atom stereocenters. The van der Waals surface area contributed by atoms with Gasteiger partial charge in [-0.1, -0.05) is 24.3 Å². The molecule has 328 valence electrons. The molecule has 1 aromatic carbocycles. The van der Waals surface area contributed by atoms with Crippen molar-refractivity contribution >= 4 is 72.2 Å². The molecule has 0 saturated carbocycles. The summed E-state index contributed by atoms with van der Waals surface area (Å²) in [6.07, 6.45) is 0.190. The van der Waals surface area contributed by atoms with Crippen molar-refractivity contribution in [1.82, 2.24) is 37.2 Å². The monoisotopic (exact) mass is 854 g/mol. The van der Waals surface area contributed by atoms with Gasteiger partial charge in [-0.3, -0.25) is 29.0 Å². The maximum absolute atomic E-state index is 13.3. The van der Waals surface area contributed by atoms with E-state index in [-0.39, 0.29) is 56.5 Å². The molecule has 24 heteroatoms. The van der Waals surface area contributed by atoms with E-state index in [0.29, 0.717) is 36.9 Å². The predicted octanol–water partition coefficient (Wildman–Crippen LogP) is -1.80. The number of aliphatic carboxylic acids is 4. The van der Waals surface area contributed by atoms with Crippen LogP contribution in [0, 0.1) is 0 Å². The van der Waals surface area contributed by atoms with Crippen molar-refractivity contribution in [2.24, 2.45) is 16.5 Å². The minimum absolute atomic E-state index is 0.0127. The highest BCUT2D eigenvalue weighted by Crippen LogP contribution is 2.08. The van der Waals surface area contributed by atoms with Gasteiger partial charge in [0.05, 0.1) is 12.8 Å². The number of nitrogens with two attached hydrogens (primary N) is 2. The number of benzene rings is 1. The summed E-state index contributed by atoms with van der Waals surface area (Å²) in [5.74, 6) is -8.47. The van der Waals surface area contributed by atoms with Crippen molar-refractivity contribution in [3.63, 3.8) is 0 Å². The molecule has 0 aliphatic rings. The van der Waals surface area contributed by atoms with Gasteiger partial charge in [0.25, 0.3) is 0 Å². The lowest BCUT2D eigenvalue weighted by Crippen LogP contribution is -2.56. The van der Waals surface area contributed by atoms with Gasteiger partial charge in [0.15, 0.2) is 5.96 Å². The average Bonchev–Trinajstić information content (AvgIpc) is 3.15. The first-order valence-electron chi connectivity index (χ1n) is 18.4. The minimum atomic E-state index is -1.68. The third-order valence-electron chi connectivity index (χ3n) is 8.22. The first kappa shape index (κ1) is 50.7. The second-order valence-corrected chi connectivity index (χ2v) is 13.6. The Bertz CT molecular complexity index is 1640. The van der Waals surface area contributed by atoms with Crippen LogP contribution in [0.2, 0.25) is 0 Å². The highest BCUT2D eigenvalue weighted by molar-refractivity contribution is 7.80. The van der Waals surface area contributed by atoms with Gasteiger partial charge in [-0.25, -0.2) is 19.2 Å². The van der Waals surface area contributed by atoms with Crippen LogP contribution in [-0.2, 0) is 46.5 Å². The number of unbranched alkanes of at least 4 members (excludes halogenated alkanes) is 1. The minimum Gasteiger partial charge on any atom is -0.481 e. The number of thiol groups is 1. The molecule has 0 aromatic heterocycles. The van der Waals surface area contributed by atoms with Crippen molar-refractivity contribution in [3.8, 4) is 0 Å². The van der Waals surface area contributed by atoms with E-state index in [1.165, 1.54) is 0 Å². The molecule has 7 amide bonds. The SMILES string of the molecule is C[C@H](CCCCNC(=O)NCc1ccc(CC(=O)N[C@@H](CCCN=C(N)N)C(=O)N[C@@H](CC(=O)O)C(=O)N[C@@H](CS)C(=O)O)cc1)NC(=O)N[C@@H](CCC(=O)O)C(=O)O. The van der Waals surface area contributed by atoms with Gasteiger partial charge >= 0.3 is 35.9 Å². The molecule has 0 aliphatic carbocycles. The zero-order chi connectivity index (χ0) is 44.5. The Morgan fingerprint density at radius 3 is 1.85 bits per heavy atom. The number of carbonyl (C=O) groups excluding carboxylic acids is 5. The molecule has 0 aliphatic heterocycles. The highest BCUT2D eigenvalue weighted by Gasteiger charge is 2.31. The van der Waals surface area contributed by atoms with Gasteiger partial charge in [-0.05, 0) is 56.6 Å². The number of aliphatic imine (C=N–C) groups is 1. The van der Waals surface area contributed by atoms with Gasteiger partial charge < -0.3 is 69.1 Å². The molecule has 0 spiro atoms. The summed E-state index contributed by atoms with van der Waals surface area (Å²) in [6, 6.07) is -0.570. The highest BCUT2D eigenvalue weighted by atomic mass is 32.1. The normalized spacial score (nSPS) is 13.1. The van der Waals surface area contributed by atoms with Crippen LogP contribution < -0.4 is 48.7 Å². The van der Waals surface area contributed by atoms with E-state index in [1.54, 1.807) is 31.2 Å². The number of carboxylic acids is 4. The maximum Gasteiger partial charge on any atom is 0.327 e. The van der Waals surface area contributed by atoms with Crippen LogP contribution in [0.25, 0.3) is 0 Å². The lowest BCUT2D eigenvalue weighted by molar-refractivity contribution is -0.143. The Balaban J connectivity index is 2.65. The smallest absolute Gasteiger partial charge is 0.327 e. The summed E-state index contributed by atoms with van der Waals surface area (Å²) in [5, 5.41) is 53.7. The van der Waals surface area contributed by atoms with Crippen LogP contribution in [0.4, 0.5) is 9.59 Å². The fraction of sp³-hybridized carbons (Fsp3) is 0.543. The summed E-state index contributed by atoms with van der Waals surface area (Å²) in [4.78, 5) is 112. The molecule has 1 rings (SSSR count). The molecule has 0 bridgehead atoms. The van der Waals surface area contributed by atoms with E-state index in [4.69, 9.17) is 21.7 Å². The Morgan fingerprint density at radius 1 is 0.661 bits per heavy atom. The maximum atomic E-state index is 13.3. The number of guanidine groups is 1. The molecule has 0 heterocycles. The number of hydrogen-bond donors (Lipinski definition) is 14. The third kappa shape index (κ3) is 22.9. The molecule has 5 atom stereocenters. The molecular formula is C35H54N10O13S. The van der Waals surface area contributed by atoms with Crippen LogP contribution in [0.1, 0.15) is 69.4 Å². The standard InChI is InChI=1S/C35H54N10O13S/c1-19(41-35(58)45-23(31(53)54)11-12-27(47)48)5-2-3-13-39-34(57)40-17-21-9-7-20(8-10-21)15-26(46)42-22(6-4-14-38-33(36)37)29(51)43-24(16-28(49)50)30(52)44-25(18-59)32(55)56/h7-10,19,22-25,59H,2-6,11-18H2,1H3,(H,42,46)(H,43,51)(H,44,52)(H,47,48)(H,49,50)(H,53,54)(H,55,56)(H4,36,37,38)(H2,39,40,57)(H2,41,45,58)/t19-,22+,23+,24+,25+/m1/s1. The van der Waals surface area contributed by atoms with Crippen molar-refractivity contribution in [2.45, 2.75) is 101 Å². The largest absolute Gasteiger partial charge is 0.481 e. The molecular weight excluding hydrogens is 801 g/mol. The number of nitrogens with zero attached hydrogens (tertiary/aromatic N) is 1. The first-order chi connectivity index (χ1) is 27.8. The summed E-state index contributed by atoms with van der Waals surface area (Å²) in [6.45, 7) is 2.30. The molecule has 1 aromatic rings. The van der Waals surface area contributed by atoms with Gasteiger partial charge in [0, 0.05) is 37.8 Å². The number of hydrogen-bond acceptors (Lipinski definition) is 11. The summed E-state index contributed by atoms with van der Waals surface area (Å²) >= 11 is 3.86. The second kappa shape index (κ2) is 27.3. The van der Waals surface area contributed by atoms with Crippen molar-refractivity contribution in [3.05, 3.63) is 35.4 Å². The van der Waals surface area contributed by atoms with Crippen LogP contribution in [0.5, 0.6) is 0 Å². The second-order valence-electron chi connectivity index (χ2n) is 13.3. The Hall–Kier alpha value is -6.33. The van der Waals surface area contributed by atoms with Gasteiger partial charge in [-0.2, -0.15) is 12.6 Å². The summed E-state index contributed by atoms with van der Waals surface area (Å²) < 4.78 is 0. The van der Waals surface area contributed by atoms with Gasteiger partial charge in [-0.15, -0.1) is 0 Å². The van der Waals surface area contributed by atoms with Crippen LogP contribution in [-0.4, -0.2) is 129 Å². The summed E-state index contributed by atoms with van der Waals surface area (Å²) in [5.41, 5.74) is 12.0. The number of carboxylic acid groups (broad SMARTS) is 4. The van der Waals surface area contributed by atoms with Crippen molar-refractivity contribution < 1.29 is 63.6 Å². The van der Waals surface area contributed by atoms with Crippen LogP contribution >= 0.6 is 12.6 Å². The fourth-order valence-electron chi connectivity index (χ4n) is 5.14. The zero-order valence-electron chi connectivity index (χ0n) is 32.4. The fourth-order valence-corrected chi connectivity index (χ4v) is 5.38. The number of rotatable bonds is 28. The lowest BCUT2D eigenvalue weighted by Gasteiger charge is -2.23. The molecule has 0 fully saturated rings. The Morgan fingerprint density at radius 2 is 1.27 bits per heavy atom. The van der Waals surface area contributed by atoms with E-state index < -0.39 is 90.7 Å². The topological polar surface area (TPSA) is 383 Å². The molecule has 59 heavy (non-hydrogen) atoms. The van der Waals surface area contributed by atoms with E-state index in [0.717, 1.165) is 0 Å². The van der Waals surface area contributed by atoms with Gasteiger partial charge in [0.2, 0.25) is 17.7 Å². The molecule has 0 radical (unpaired) electrons. The number of urea groups is 2. The van der Waals surface area contributed by atoms with E-state index in [9.17, 15) is 53.4 Å². The van der Waals surface area contributed by atoms with E-state index in [1.807, 2.05) is 0 Å². The molecule has 15 N–H and O–H groups in total. The quantitative estimate of drug-likeness (QED) is 0.0191. The zero-order valence-corrected chi connectivity index (χ0v) is 33.3. The molecule has 23 nitrogen and oxygen atoms in total. The molecule has 0 saturated heterocycles.